The van der Waals surface area contributed by atoms with E-state index in [2.05, 4.69) is 10.5 Å². The molecule has 0 saturated heterocycles. The average molecular weight is 572 g/mol. The van der Waals surface area contributed by atoms with Crippen molar-refractivity contribution in [3.8, 4) is 0 Å². The monoisotopic (exact) mass is 571 g/mol. The number of hydrogen-bond donors (Lipinski definition) is 1. The van der Waals surface area contributed by atoms with Crippen LogP contribution in [0.1, 0.15) is 36.9 Å². The van der Waals surface area contributed by atoms with Crippen LogP contribution >= 0.6 is 22.9 Å². The van der Waals surface area contributed by atoms with Crippen molar-refractivity contribution in [2.45, 2.75) is 25.7 Å². The van der Waals surface area contributed by atoms with Crippen LogP contribution in [0.25, 0.3) is 0 Å². The van der Waals surface area contributed by atoms with Crippen molar-refractivity contribution in [2.24, 2.45) is 0 Å². The number of carbonyl (C=O) groups excluding carboxylic acids is 2. The second-order valence-electron chi connectivity index (χ2n) is 7.82. The van der Waals surface area contributed by atoms with Crippen molar-refractivity contribution in [3.05, 3.63) is 55.9 Å². The lowest BCUT2D eigenvalue weighted by atomic mass is 10.0. The Morgan fingerprint density at radius 1 is 1.16 bits per heavy atom. The number of nitrogens with one attached hydrogen (secondary N) is 1. The van der Waals surface area contributed by atoms with Gasteiger partial charge in [-0.1, -0.05) is 16.8 Å². The number of amides is 1. The maximum atomic E-state index is 13.7. The van der Waals surface area contributed by atoms with Crippen LogP contribution in [0.5, 0.6) is 0 Å². The van der Waals surface area contributed by atoms with Crippen molar-refractivity contribution < 1.29 is 36.7 Å². The van der Waals surface area contributed by atoms with E-state index in [1.807, 2.05) is 0 Å². The Morgan fingerprint density at radius 3 is 2.41 bits per heavy atom. The Labute approximate surface area is 223 Å². The highest BCUT2D eigenvalue weighted by Gasteiger charge is 2.35. The van der Waals surface area contributed by atoms with E-state index >= 15 is 0 Å². The van der Waals surface area contributed by atoms with E-state index in [4.69, 9.17) is 30.3 Å². The summed E-state index contributed by atoms with van der Waals surface area (Å²) in [7, 11) is -1.62. The van der Waals surface area contributed by atoms with Gasteiger partial charge in [0.25, 0.3) is 21.8 Å². The van der Waals surface area contributed by atoms with Crippen LogP contribution in [0.3, 0.4) is 0 Å². The van der Waals surface area contributed by atoms with Crippen molar-refractivity contribution >= 4 is 56.4 Å². The van der Waals surface area contributed by atoms with Crippen molar-refractivity contribution in [1.82, 2.24) is 5.16 Å². The van der Waals surface area contributed by atoms with Gasteiger partial charge in [-0.15, -0.1) is 11.3 Å². The van der Waals surface area contributed by atoms with Gasteiger partial charge >= 0.3 is 5.97 Å². The summed E-state index contributed by atoms with van der Waals surface area (Å²) in [6.45, 7) is 4.87. The number of halogens is 1. The molecule has 3 aromatic rings. The summed E-state index contributed by atoms with van der Waals surface area (Å²) in [6, 6.07) is 4.47. The van der Waals surface area contributed by atoms with Gasteiger partial charge < -0.3 is 24.1 Å². The highest BCUT2D eigenvalue weighted by Crippen LogP contribution is 2.35. The minimum absolute atomic E-state index is 0.00269. The second-order valence-corrected chi connectivity index (χ2v) is 10.9. The number of carbonyl (C=O) groups is 2. The quantitative estimate of drug-likeness (QED) is 0.204. The van der Waals surface area contributed by atoms with Gasteiger partial charge in [0.2, 0.25) is 0 Å². The number of thiophene rings is 1. The van der Waals surface area contributed by atoms with Crippen molar-refractivity contribution in [3.63, 3.8) is 0 Å². The van der Waals surface area contributed by atoms with Crippen molar-refractivity contribution in [2.75, 3.05) is 43.8 Å². The molecule has 200 valence electrons. The van der Waals surface area contributed by atoms with Gasteiger partial charge in [-0.3, -0.25) is 4.79 Å². The van der Waals surface area contributed by atoms with E-state index in [9.17, 15) is 18.0 Å². The molecule has 2 heterocycles. The largest absolute Gasteiger partial charge is 0.465 e. The summed E-state index contributed by atoms with van der Waals surface area (Å²) in [4.78, 5) is 24.8. The predicted molar refractivity (Wildman–Crippen MR) is 138 cm³/mol. The molecule has 0 aliphatic heterocycles. The number of esters is 1. The van der Waals surface area contributed by atoms with Crippen LogP contribution < -0.4 is 9.62 Å². The predicted octanol–water partition coefficient (Wildman–Crippen LogP) is 4.17. The molecule has 14 heteroatoms. The molecular formula is C23H26ClN3O8S2. The normalized spacial score (nSPS) is 11.4. The first-order valence-corrected chi connectivity index (χ1v) is 13.5. The molecule has 3 rings (SSSR count). The zero-order chi connectivity index (χ0) is 27.3. The van der Waals surface area contributed by atoms with Crippen molar-refractivity contribution in [1.29, 1.82) is 0 Å². The minimum Gasteiger partial charge on any atom is -0.465 e. The zero-order valence-electron chi connectivity index (χ0n) is 20.8. The SMILES string of the molecule is COCCOCN(c1onc(C)c1Cl)S(=O)(=O)c1ccsc1C(=O)Nc1c(C)cc(C(=O)OC)cc1C. The van der Waals surface area contributed by atoms with E-state index in [-0.39, 0.29) is 33.9 Å². The lowest BCUT2D eigenvalue weighted by molar-refractivity contribution is 0.0600. The molecule has 0 spiro atoms. The molecule has 0 fully saturated rings. The van der Waals surface area contributed by atoms with Crippen LogP contribution in [0, 0.1) is 20.8 Å². The first-order valence-electron chi connectivity index (χ1n) is 10.8. The van der Waals surface area contributed by atoms with Gasteiger partial charge in [0, 0.05) is 12.8 Å². The standard InChI is InChI=1S/C23H26ClN3O8S2/c1-13-10-16(23(29)33-5)11-14(2)19(13)25-21(28)20-17(6-9-36-20)37(30,31)27(12-34-8-7-32-4)22-18(24)15(3)26-35-22/h6,9-11H,7-8,12H2,1-5H3,(H,25,28). The fourth-order valence-electron chi connectivity index (χ4n) is 3.38. The van der Waals surface area contributed by atoms with E-state index in [0.29, 0.717) is 28.1 Å². The van der Waals surface area contributed by atoms with Crippen LogP contribution in [-0.2, 0) is 24.2 Å². The molecule has 0 unspecified atom stereocenters. The third kappa shape index (κ3) is 6.13. The van der Waals surface area contributed by atoms with Gasteiger partial charge in [0.15, 0.2) is 0 Å². The zero-order valence-corrected chi connectivity index (χ0v) is 23.2. The fraction of sp³-hybridized carbons (Fsp3) is 0.348. The molecule has 11 nitrogen and oxygen atoms in total. The average Bonchev–Trinajstić information content (AvgIpc) is 3.48. The molecule has 1 amide bonds. The minimum atomic E-state index is -4.38. The summed E-state index contributed by atoms with van der Waals surface area (Å²) < 4.78 is 48.6. The maximum Gasteiger partial charge on any atom is 0.337 e. The summed E-state index contributed by atoms with van der Waals surface area (Å²) in [5.41, 5.74) is 2.28. The molecule has 0 aliphatic rings. The maximum absolute atomic E-state index is 13.7. The smallest absolute Gasteiger partial charge is 0.337 e. The van der Waals surface area contributed by atoms with Crippen LogP contribution in [0.4, 0.5) is 11.6 Å². The lowest BCUT2D eigenvalue weighted by Gasteiger charge is -2.21. The molecule has 0 radical (unpaired) electrons. The second kappa shape index (κ2) is 12.0. The number of methoxy groups -OCH3 is 2. The Bertz CT molecular complexity index is 1380. The molecule has 0 bridgehead atoms. The topological polar surface area (TPSA) is 137 Å². The number of aromatic nitrogens is 1. The highest BCUT2D eigenvalue weighted by atomic mass is 35.5. The molecule has 1 N–H and O–H groups in total. The summed E-state index contributed by atoms with van der Waals surface area (Å²) in [5, 5.41) is 7.97. The van der Waals surface area contributed by atoms with E-state index < -0.39 is 28.6 Å². The number of rotatable bonds is 11. The van der Waals surface area contributed by atoms with Crippen LogP contribution in [0.2, 0.25) is 5.02 Å². The molecule has 0 aliphatic carbocycles. The van der Waals surface area contributed by atoms with Gasteiger partial charge in [0.1, 0.15) is 27.2 Å². The first kappa shape index (κ1) is 28.6. The van der Waals surface area contributed by atoms with E-state index in [0.717, 1.165) is 15.6 Å². The Kier molecular flexibility index (Phi) is 9.31. The van der Waals surface area contributed by atoms with E-state index in [1.54, 1.807) is 32.9 Å². The number of benzene rings is 1. The number of sulfonamides is 1. The van der Waals surface area contributed by atoms with Gasteiger partial charge in [0.05, 0.1) is 25.9 Å². The number of ether oxygens (including phenoxy) is 3. The fourth-order valence-corrected chi connectivity index (χ4v) is 6.19. The number of nitrogens with zero attached hydrogens (tertiary/aromatic N) is 2. The molecular weight excluding hydrogens is 546 g/mol. The lowest BCUT2D eigenvalue weighted by Crippen LogP contribution is -2.34. The van der Waals surface area contributed by atoms with Gasteiger partial charge in [-0.25, -0.2) is 17.5 Å². The van der Waals surface area contributed by atoms with E-state index in [1.165, 1.54) is 25.7 Å². The number of anilines is 2. The summed E-state index contributed by atoms with van der Waals surface area (Å²) in [6.07, 6.45) is 0. The highest BCUT2D eigenvalue weighted by molar-refractivity contribution is 7.93. The molecule has 0 atom stereocenters. The molecule has 2 aromatic heterocycles. The third-order valence-electron chi connectivity index (χ3n) is 5.24. The molecule has 0 saturated carbocycles. The van der Waals surface area contributed by atoms with Crippen LogP contribution in [-0.4, -0.2) is 59.6 Å². The Hall–Kier alpha value is -2.97. The first-order chi connectivity index (χ1) is 17.5. The summed E-state index contributed by atoms with van der Waals surface area (Å²) >= 11 is 7.20. The molecule has 37 heavy (non-hydrogen) atoms. The Morgan fingerprint density at radius 2 is 1.84 bits per heavy atom. The summed E-state index contributed by atoms with van der Waals surface area (Å²) in [5.74, 6) is -1.39. The van der Waals surface area contributed by atoms with Crippen LogP contribution in [0.15, 0.2) is 33.0 Å². The number of hydrogen-bond acceptors (Lipinski definition) is 10. The third-order valence-corrected chi connectivity index (χ3v) is 8.46. The molecule has 1 aromatic carbocycles. The Balaban J connectivity index is 1.96. The van der Waals surface area contributed by atoms with Gasteiger partial charge in [-0.05, 0) is 55.5 Å². The number of aryl methyl sites for hydroxylation is 3. The van der Waals surface area contributed by atoms with Gasteiger partial charge in [-0.2, -0.15) is 0 Å².